The molecular formula is C12H11KO3S. The van der Waals surface area contributed by atoms with Crippen LogP contribution < -0.4 is 51.4 Å². The monoisotopic (exact) mass is 274 g/mol. The SMILES string of the molecule is Cc1ccc2c(S(=O)(=O)[O-])ccc(C)c2c1.[K+]. The molecule has 0 bridgehead atoms. The van der Waals surface area contributed by atoms with E-state index in [1.165, 1.54) is 6.07 Å². The molecule has 0 heterocycles. The number of aryl methyl sites for hydroxylation is 2. The van der Waals surface area contributed by atoms with E-state index in [-0.39, 0.29) is 56.3 Å². The van der Waals surface area contributed by atoms with E-state index in [1.807, 2.05) is 19.9 Å². The normalized spacial score (nSPS) is 11.2. The zero-order valence-corrected chi connectivity index (χ0v) is 14.0. The van der Waals surface area contributed by atoms with Gasteiger partial charge in [0.15, 0.2) is 0 Å². The molecule has 0 spiro atoms. The molecule has 0 aliphatic carbocycles. The van der Waals surface area contributed by atoms with E-state index in [0.29, 0.717) is 5.39 Å². The van der Waals surface area contributed by atoms with Crippen molar-refractivity contribution in [3.05, 3.63) is 41.5 Å². The summed E-state index contributed by atoms with van der Waals surface area (Å²) in [5.74, 6) is 0. The molecule has 2 aromatic rings. The molecule has 84 valence electrons. The van der Waals surface area contributed by atoms with Gasteiger partial charge in [-0.1, -0.05) is 29.8 Å². The third-order valence-corrected chi connectivity index (χ3v) is 3.51. The Hall–Kier alpha value is 0.246. The van der Waals surface area contributed by atoms with Gasteiger partial charge in [-0.05, 0) is 36.2 Å². The number of fused-ring (bicyclic) bond motifs is 1. The van der Waals surface area contributed by atoms with Crippen LogP contribution in [-0.4, -0.2) is 13.0 Å². The van der Waals surface area contributed by atoms with Crippen molar-refractivity contribution in [1.29, 1.82) is 0 Å². The summed E-state index contributed by atoms with van der Waals surface area (Å²) < 4.78 is 33.3. The Morgan fingerprint density at radius 3 is 2.24 bits per heavy atom. The fourth-order valence-corrected chi connectivity index (χ4v) is 2.48. The van der Waals surface area contributed by atoms with Crippen LogP contribution in [-0.2, 0) is 10.1 Å². The molecule has 0 saturated carbocycles. The van der Waals surface area contributed by atoms with Crippen LogP contribution in [0, 0.1) is 13.8 Å². The van der Waals surface area contributed by atoms with Crippen LogP contribution in [0.1, 0.15) is 11.1 Å². The van der Waals surface area contributed by atoms with Gasteiger partial charge in [0.05, 0.1) is 4.90 Å². The summed E-state index contributed by atoms with van der Waals surface area (Å²) in [4.78, 5) is -0.145. The average molecular weight is 274 g/mol. The van der Waals surface area contributed by atoms with Gasteiger partial charge >= 0.3 is 51.4 Å². The van der Waals surface area contributed by atoms with Crippen molar-refractivity contribution < 1.29 is 64.4 Å². The van der Waals surface area contributed by atoms with E-state index in [2.05, 4.69) is 0 Å². The van der Waals surface area contributed by atoms with E-state index in [4.69, 9.17) is 0 Å². The maximum Gasteiger partial charge on any atom is 1.00 e. The first kappa shape index (κ1) is 15.3. The Kier molecular flexibility index (Phi) is 4.94. The summed E-state index contributed by atoms with van der Waals surface area (Å²) in [6, 6.07) is 8.40. The van der Waals surface area contributed by atoms with Gasteiger partial charge in [-0.3, -0.25) is 0 Å². The van der Waals surface area contributed by atoms with Crippen molar-refractivity contribution >= 4 is 20.9 Å². The largest absolute Gasteiger partial charge is 1.00 e. The molecule has 0 N–H and O–H groups in total. The van der Waals surface area contributed by atoms with Crippen LogP contribution in [0.4, 0.5) is 0 Å². The zero-order valence-electron chi connectivity index (χ0n) is 10.0. The predicted octanol–water partition coefficient (Wildman–Crippen LogP) is -0.635. The maximum atomic E-state index is 11.1. The minimum absolute atomic E-state index is 0. The van der Waals surface area contributed by atoms with E-state index >= 15 is 0 Å². The fraction of sp³-hybridized carbons (Fsp3) is 0.167. The smallest absolute Gasteiger partial charge is 0.744 e. The summed E-state index contributed by atoms with van der Waals surface area (Å²) in [5, 5.41) is 1.32. The van der Waals surface area contributed by atoms with Crippen molar-refractivity contribution in [1.82, 2.24) is 0 Å². The van der Waals surface area contributed by atoms with Crippen LogP contribution in [0.5, 0.6) is 0 Å². The first-order chi connectivity index (χ1) is 7.39. The summed E-state index contributed by atoms with van der Waals surface area (Å²) in [6.07, 6.45) is 0. The fourth-order valence-electron chi connectivity index (χ4n) is 1.80. The van der Waals surface area contributed by atoms with E-state index < -0.39 is 10.1 Å². The predicted molar refractivity (Wildman–Crippen MR) is 61.4 cm³/mol. The van der Waals surface area contributed by atoms with Crippen molar-refractivity contribution in [3.63, 3.8) is 0 Å². The van der Waals surface area contributed by atoms with Gasteiger partial charge < -0.3 is 4.55 Å². The Balaban J connectivity index is 0.00000144. The standard InChI is InChI=1S/C12H12O3S.K/c1-8-3-5-10-11(7-8)9(2)4-6-12(10)16(13,14)15;/h3-7H,1-2H3,(H,13,14,15);/q;+1/p-1. The molecule has 0 atom stereocenters. The Morgan fingerprint density at radius 1 is 1.00 bits per heavy atom. The van der Waals surface area contributed by atoms with E-state index in [9.17, 15) is 13.0 Å². The molecule has 0 unspecified atom stereocenters. The minimum Gasteiger partial charge on any atom is -0.744 e. The second-order valence-corrected chi connectivity index (χ2v) is 5.23. The van der Waals surface area contributed by atoms with Gasteiger partial charge in [-0.15, -0.1) is 0 Å². The third kappa shape index (κ3) is 3.17. The van der Waals surface area contributed by atoms with Crippen molar-refractivity contribution in [2.75, 3.05) is 0 Å². The number of hydrogen-bond acceptors (Lipinski definition) is 3. The van der Waals surface area contributed by atoms with Gasteiger partial charge in [-0.2, -0.15) is 0 Å². The molecule has 0 aliphatic heterocycles. The van der Waals surface area contributed by atoms with Crippen LogP contribution in [0.25, 0.3) is 10.8 Å². The van der Waals surface area contributed by atoms with Crippen LogP contribution in [0.15, 0.2) is 35.2 Å². The molecular weight excluding hydrogens is 263 g/mol. The van der Waals surface area contributed by atoms with E-state index in [1.54, 1.807) is 18.2 Å². The summed E-state index contributed by atoms with van der Waals surface area (Å²) in [7, 11) is -4.41. The summed E-state index contributed by atoms with van der Waals surface area (Å²) >= 11 is 0. The second kappa shape index (κ2) is 5.48. The molecule has 0 saturated heterocycles. The molecule has 0 amide bonds. The van der Waals surface area contributed by atoms with Gasteiger partial charge in [-0.25, -0.2) is 8.42 Å². The quantitative estimate of drug-likeness (QED) is 0.514. The van der Waals surface area contributed by atoms with Gasteiger partial charge in [0.25, 0.3) is 0 Å². The Morgan fingerprint density at radius 2 is 1.65 bits per heavy atom. The topological polar surface area (TPSA) is 57.2 Å². The number of benzene rings is 2. The molecule has 2 rings (SSSR count). The molecule has 2 aromatic carbocycles. The molecule has 17 heavy (non-hydrogen) atoms. The van der Waals surface area contributed by atoms with Gasteiger partial charge in [0, 0.05) is 0 Å². The average Bonchev–Trinajstić information content (AvgIpc) is 2.17. The van der Waals surface area contributed by atoms with Crippen LogP contribution in [0.2, 0.25) is 0 Å². The van der Waals surface area contributed by atoms with Crippen molar-refractivity contribution in [2.45, 2.75) is 18.7 Å². The summed E-state index contributed by atoms with van der Waals surface area (Å²) in [6.45, 7) is 3.82. The van der Waals surface area contributed by atoms with Crippen LogP contribution >= 0.6 is 0 Å². The van der Waals surface area contributed by atoms with Crippen molar-refractivity contribution in [3.8, 4) is 0 Å². The molecule has 0 aromatic heterocycles. The Labute approximate surface area is 143 Å². The zero-order chi connectivity index (χ0) is 11.9. The molecule has 0 aliphatic rings. The Bertz CT molecular complexity index is 663. The minimum atomic E-state index is -4.41. The van der Waals surface area contributed by atoms with E-state index in [0.717, 1.165) is 16.5 Å². The molecule has 0 radical (unpaired) electrons. The maximum absolute atomic E-state index is 11.1. The summed E-state index contributed by atoms with van der Waals surface area (Å²) in [5.41, 5.74) is 2.00. The van der Waals surface area contributed by atoms with Crippen molar-refractivity contribution in [2.24, 2.45) is 0 Å². The number of hydrogen-bond donors (Lipinski definition) is 0. The van der Waals surface area contributed by atoms with Gasteiger partial charge in [0.1, 0.15) is 10.1 Å². The molecule has 3 nitrogen and oxygen atoms in total. The first-order valence-electron chi connectivity index (χ1n) is 4.85. The first-order valence-corrected chi connectivity index (χ1v) is 6.26. The number of rotatable bonds is 1. The molecule has 5 heteroatoms. The van der Waals surface area contributed by atoms with Crippen LogP contribution in [0.3, 0.4) is 0 Å². The van der Waals surface area contributed by atoms with Gasteiger partial charge in [0.2, 0.25) is 0 Å². The second-order valence-electron chi connectivity index (χ2n) is 3.88. The third-order valence-electron chi connectivity index (χ3n) is 2.62. The molecule has 0 fully saturated rings.